The van der Waals surface area contributed by atoms with Crippen molar-refractivity contribution in [3.63, 3.8) is 0 Å². The van der Waals surface area contributed by atoms with Gasteiger partial charge in [0.2, 0.25) is 0 Å². The van der Waals surface area contributed by atoms with Gasteiger partial charge in [-0.15, -0.1) is 0 Å². The molecule has 0 aromatic heterocycles. The second-order valence-corrected chi connectivity index (χ2v) is 17.0. The first-order valence-corrected chi connectivity index (χ1v) is 16.3. The van der Waals surface area contributed by atoms with Gasteiger partial charge in [0.1, 0.15) is 17.6 Å². The maximum atomic E-state index is 11.9. The molecule has 2 aromatic rings. The van der Waals surface area contributed by atoms with Gasteiger partial charge in [0.05, 0.1) is 39.1 Å². The maximum Gasteiger partial charge on any atom is 0.192 e. The lowest BCUT2D eigenvalue weighted by Crippen LogP contribution is -2.53. The van der Waals surface area contributed by atoms with Crippen LogP contribution in [0.1, 0.15) is 59.1 Å². The Hall–Kier alpha value is -2.03. The fraction of sp³-hybridized carbons (Fsp3) is 0.581. The smallest absolute Gasteiger partial charge is 0.192 e. The Kier molecular flexibility index (Phi) is 11.7. The van der Waals surface area contributed by atoms with Gasteiger partial charge in [-0.05, 0) is 48.3 Å². The molecule has 0 heterocycles. The standard InChI is InChI=1S/C31H48O6Si/c1-23(32)19-28(33)31(5,6)29(36-21-25-15-17-26(34-7)18-16-25)27(22-37-38(8,9)30(2,3)4)35-20-24-13-11-10-12-14-24/h10-18,27-29,33H,19-22H2,1-9H3/t27-,28+,29-/m0/s1. The van der Waals surface area contributed by atoms with Crippen molar-refractivity contribution >= 4 is 14.1 Å². The zero-order valence-electron chi connectivity index (χ0n) is 24.7. The zero-order valence-corrected chi connectivity index (χ0v) is 25.7. The minimum Gasteiger partial charge on any atom is -0.497 e. The second-order valence-electron chi connectivity index (χ2n) is 12.2. The molecule has 0 fully saturated rings. The lowest BCUT2D eigenvalue weighted by Gasteiger charge is -2.43. The molecule has 2 aromatic carbocycles. The molecule has 0 unspecified atom stereocenters. The molecule has 6 nitrogen and oxygen atoms in total. The van der Waals surface area contributed by atoms with E-state index in [0.29, 0.717) is 19.8 Å². The number of rotatable bonds is 15. The van der Waals surface area contributed by atoms with Crippen molar-refractivity contribution in [2.75, 3.05) is 13.7 Å². The number of aliphatic hydroxyl groups is 1. The van der Waals surface area contributed by atoms with Crippen LogP contribution in [0.15, 0.2) is 54.6 Å². The minimum absolute atomic E-state index is 0.0279. The predicted octanol–water partition coefficient (Wildman–Crippen LogP) is 6.55. The van der Waals surface area contributed by atoms with E-state index in [0.717, 1.165) is 16.9 Å². The normalized spacial score (nSPS) is 15.1. The molecule has 3 atom stereocenters. The van der Waals surface area contributed by atoms with Crippen LogP contribution in [0.2, 0.25) is 18.1 Å². The topological polar surface area (TPSA) is 74.2 Å². The summed E-state index contributed by atoms with van der Waals surface area (Å²) >= 11 is 0. The molecule has 1 N–H and O–H groups in total. The number of ether oxygens (including phenoxy) is 3. The summed E-state index contributed by atoms with van der Waals surface area (Å²) in [4.78, 5) is 11.9. The van der Waals surface area contributed by atoms with Crippen LogP contribution in [0.4, 0.5) is 0 Å². The first kappa shape index (κ1) is 32.2. The van der Waals surface area contributed by atoms with E-state index in [1.807, 2.05) is 68.4 Å². The number of carbonyl (C=O) groups excluding carboxylic acids is 1. The summed E-state index contributed by atoms with van der Waals surface area (Å²) in [6.07, 6.45) is -1.88. The van der Waals surface area contributed by atoms with E-state index < -0.39 is 32.0 Å². The van der Waals surface area contributed by atoms with Gasteiger partial charge >= 0.3 is 0 Å². The highest BCUT2D eigenvalue weighted by Gasteiger charge is 2.45. The number of methoxy groups -OCH3 is 1. The number of Topliss-reactive ketones (excluding diaryl/α,β-unsaturated/α-hetero) is 1. The van der Waals surface area contributed by atoms with Crippen molar-refractivity contribution in [2.24, 2.45) is 5.41 Å². The van der Waals surface area contributed by atoms with Crippen molar-refractivity contribution in [3.8, 4) is 5.75 Å². The van der Waals surface area contributed by atoms with Crippen LogP contribution < -0.4 is 4.74 Å². The lowest BCUT2D eigenvalue weighted by atomic mass is 9.76. The highest BCUT2D eigenvalue weighted by Crippen LogP contribution is 2.38. The summed E-state index contributed by atoms with van der Waals surface area (Å²) in [5, 5.41) is 11.2. The van der Waals surface area contributed by atoms with Crippen molar-refractivity contribution in [3.05, 3.63) is 65.7 Å². The van der Waals surface area contributed by atoms with Gasteiger partial charge in [0, 0.05) is 11.8 Å². The Morgan fingerprint density at radius 1 is 0.895 bits per heavy atom. The Labute approximate surface area is 230 Å². The van der Waals surface area contributed by atoms with Gasteiger partial charge in [-0.1, -0.05) is 77.1 Å². The first-order chi connectivity index (χ1) is 17.7. The van der Waals surface area contributed by atoms with Crippen LogP contribution in [-0.4, -0.2) is 51.2 Å². The molecule has 2 rings (SSSR count). The van der Waals surface area contributed by atoms with Crippen LogP contribution in [-0.2, 0) is 31.9 Å². The minimum atomic E-state index is -2.10. The van der Waals surface area contributed by atoms with Crippen molar-refractivity contribution < 1.29 is 28.5 Å². The highest BCUT2D eigenvalue weighted by molar-refractivity contribution is 6.74. The molecule has 0 bridgehead atoms. The summed E-state index contributed by atoms with van der Waals surface area (Å²) in [6, 6.07) is 17.7. The monoisotopic (exact) mass is 544 g/mol. The van der Waals surface area contributed by atoms with Crippen LogP contribution >= 0.6 is 0 Å². The molecular weight excluding hydrogens is 496 g/mol. The molecule has 0 amide bonds. The number of hydrogen-bond donors (Lipinski definition) is 1. The summed E-state index contributed by atoms with van der Waals surface area (Å²) in [5.74, 6) is 0.702. The number of benzene rings is 2. The van der Waals surface area contributed by atoms with E-state index in [9.17, 15) is 9.90 Å². The van der Waals surface area contributed by atoms with E-state index in [4.69, 9.17) is 18.6 Å². The summed E-state index contributed by atoms with van der Waals surface area (Å²) in [7, 11) is -0.461. The van der Waals surface area contributed by atoms with Crippen LogP contribution in [0.5, 0.6) is 5.75 Å². The third kappa shape index (κ3) is 9.31. The van der Waals surface area contributed by atoms with Gasteiger partial charge in [0.15, 0.2) is 8.32 Å². The van der Waals surface area contributed by atoms with Crippen LogP contribution in [0.3, 0.4) is 0 Å². The SMILES string of the molecule is COc1ccc(CO[C@@H]([C@H](CO[Si](C)(C)C(C)(C)C)OCc2ccccc2)C(C)(C)[C@H](O)CC(C)=O)cc1. The summed E-state index contributed by atoms with van der Waals surface area (Å²) in [5.41, 5.74) is 1.22. The van der Waals surface area contributed by atoms with E-state index in [2.05, 4.69) is 33.9 Å². The maximum absolute atomic E-state index is 11.9. The van der Waals surface area contributed by atoms with Gasteiger partial charge < -0.3 is 23.7 Å². The number of aliphatic hydroxyl groups excluding tert-OH is 1. The van der Waals surface area contributed by atoms with E-state index >= 15 is 0 Å². The molecule has 0 spiro atoms. The molecule has 0 saturated carbocycles. The average Bonchev–Trinajstić information content (AvgIpc) is 2.85. The Balaban J connectivity index is 2.40. The first-order valence-electron chi connectivity index (χ1n) is 13.4. The molecule has 0 saturated heterocycles. The molecule has 0 radical (unpaired) electrons. The van der Waals surface area contributed by atoms with Crippen molar-refractivity contribution in [2.45, 2.75) is 97.6 Å². The van der Waals surface area contributed by atoms with Gasteiger partial charge in [-0.3, -0.25) is 4.79 Å². The molecule has 38 heavy (non-hydrogen) atoms. The fourth-order valence-corrected chi connectivity index (χ4v) is 4.96. The second kappa shape index (κ2) is 13.9. The predicted molar refractivity (Wildman–Crippen MR) is 155 cm³/mol. The van der Waals surface area contributed by atoms with Crippen LogP contribution in [0.25, 0.3) is 0 Å². The van der Waals surface area contributed by atoms with Crippen molar-refractivity contribution in [1.29, 1.82) is 0 Å². The molecule has 0 aliphatic rings. The van der Waals surface area contributed by atoms with Gasteiger partial charge in [-0.25, -0.2) is 0 Å². The molecule has 0 aliphatic carbocycles. The zero-order chi connectivity index (χ0) is 28.6. The lowest BCUT2D eigenvalue weighted by molar-refractivity contribution is -0.171. The largest absolute Gasteiger partial charge is 0.497 e. The average molecular weight is 545 g/mol. The Morgan fingerprint density at radius 2 is 1.45 bits per heavy atom. The number of carbonyl (C=O) groups is 1. The third-order valence-corrected chi connectivity index (χ3v) is 12.2. The summed E-state index contributed by atoms with van der Waals surface area (Å²) in [6.45, 7) is 17.4. The van der Waals surface area contributed by atoms with E-state index in [1.54, 1.807) is 7.11 Å². The van der Waals surface area contributed by atoms with Crippen molar-refractivity contribution in [1.82, 2.24) is 0 Å². The molecule has 0 aliphatic heterocycles. The quantitative estimate of drug-likeness (QED) is 0.256. The number of hydrogen-bond acceptors (Lipinski definition) is 6. The fourth-order valence-electron chi connectivity index (χ4n) is 3.94. The number of ketones is 1. The van der Waals surface area contributed by atoms with E-state index in [1.165, 1.54) is 6.92 Å². The van der Waals surface area contributed by atoms with Gasteiger partial charge in [-0.2, -0.15) is 0 Å². The highest BCUT2D eigenvalue weighted by atomic mass is 28.4. The summed E-state index contributed by atoms with van der Waals surface area (Å²) < 4.78 is 25.0. The van der Waals surface area contributed by atoms with E-state index in [-0.39, 0.29) is 17.2 Å². The van der Waals surface area contributed by atoms with Gasteiger partial charge in [0.25, 0.3) is 0 Å². The van der Waals surface area contributed by atoms with Crippen LogP contribution in [0, 0.1) is 5.41 Å². The Bertz CT molecular complexity index is 982. The molecular formula is C31H48O6Si. The molecule has 7 heteroatoms. The molecule has 212 valence electrons. The third-order valence-electron chi connectivity index (χ3n) is 7.72. The Morgan fingerprint density at radius 3 is 1.97 bits per heavy atom.